The molecule has 0 fully saturated rings. The molecule has 0 saturated carbocycles. The highest BCUT2D eigenvalue weighted by atomic mass is 31.0. The van der Waals surface area contributed by atoms with Gasteiger partial charge in [0.05, 0.1) is 13.7 Å². The van der Waals surface area contributed by atoms with Crippen LogP contribution in [0.2, 0.25) is 0 Å². The van der Waals surface area contributed by atoms with Crippen LogP contribution in [0.15, 0.2) is 18.2 Å². The predicted molar refractivity (Wildman–Crippen MR) is 55.6 cm³/mol. The highest BCUT2D eigenvalue weighted by molar-refractivity contribution is 7.17. The second-order valence-corrected chi connectivity index (χ2v) is 3.95. The van der Waals surface area contributed by atoms with Crippen LogP contribution < -0.4 is 9.47 Å². The van der Waals surface area contributed by atoms with E-state index in [1.54, 1.807) is 7.11 Å². The molecule has 0 aliphatic carbocycles. The summed E-state index contributed by atoms with van der Waals surface area (Å²) >= 11 is 0. The van der Waals surface area contributed by atoms with Crippen molar-refractivity contribution in [3.8, 4) is 11.5 Å². The Balaban J connectivity index is 2.41. The number of hydrogen-bond donors (Lipinski definition) is 0. The molecule has 70 valence electrons. The summed E-state index contributed by atoms with van der Waals surface area (Å²) in [4.78, 5) is 0. The van der Waals surface area contributed by atoms with Gasteiger partial charge in [0.1, 0.15) is 11.5 Å². The van der Waals surface area contributed by atoms with Crippen LogP contribution in [0.1, 0.15) is 17.6 Å². The van der Waals surface area contributed by atoms with Crippen LogP contribution in [-0.2, 0) is 0 Å². The summed E-state index contributed by atoms with van der Waals surface area (Å²) in [5, 5.41) is 0. The average molecular weight is 196 g/mol. The Labute approximate surface area is 80.4 Å². The molecule has 2 rings (SSSR count). The lowest BCUT2D eigenvalue weighted by atomic mass is 10.1. The molecule has 2 atom stereocenters. The number of fused-ring (bicyclic) bond motifs is 1. The van der Waals surface area contributed by atoms with E-state index in [1.165, 1.54) is 5.56 Å². The normalized spacial score (nSPS) is 20.3. The lowest BCUT2D eigenvalue weighted by Crippen LogP contribution is -2.10. The first kappa shape index (κ1) is 8.83. The molecule has 2 unspecified atom stereocenters. The van der Waals surface area contributed by atoms with E-state index in [4.69, 9.17) is 9.47 Å². The van der Waals surface area contributed by atoms with Crippen LogP contribution in [0.3, 0.4) is 0 Å². The summed E-state index contributed by atoms with van der Waals surface area (Å²) in [5.41, 5.74) is 1.73. The Kier molecular flexibility index (Phi) is 2.41. The highest BCUT2D eigenvalue weighted by Gasteiger charge is 2.17. The van der Waals surface area contributed by atoms with Gasteiger partial charge in [0.15, 0.2) is 0 Å². The Hall–Kier alpha value is -0.750. The van der Waals surface area contributed by atoms with Crippen molar-refractivity contribution in [1.29, 1.82) is 0 Å². The van der Waals surface area contributed by atoms with Gasteiger partial charge in [-0.1, -0.05) is 0 Å². The Bertz CT molecular complexity index is 312. The van der Waals surface area contributed by atoms with E-state index in [2.05, 4.69) is 9.24 Å². The summed E-state index contributed by atoms with van der Waals surface area (Å²) in [6, 6.07) is 5.96. The van der Waals surface area contributed by atoms with Gasteiger partial charge in [-0.3, -0.25) is 0 Å². The van der Waals surface area contributed by atoms with E-state index in [9.17, 15) is 0 Å². The molecule has 1 aliphatic heterocycles. The Morgan fingerprint density at radius 2 is 2.38 bits per heavy atom. The van der Waals surface area contributed by atoms with Crippen LogP contribution >= 0.6 is 9.24 Å². The molecule has 3 heteroatoms. The molecular formula is C10H13O2P. The van der Waals surface area contributed by atoms with Gasteiger partial charge in [-0.15, -0.1) is 9.24 Å². The zero-order valence-corrected chi connectivity index (χ0v) is 8.77. The first-order valence-corrected chi connectivity index (χ1v) is 5.04. The van der Waals surface area contributed by atoms with E-state index in [0.717, 1.165) is 24.5 Å². The lowest BCUT2D eigenvalue weighted by molar-refractivity contribution is 0.285. The molecule has 0 bridgehead atoms. The highest BCUT2D eigenvalue weighted by Crippen LogP contribution is 2.39. The van der Waals surface area contributed by atoms with Crippen molar-refractivity contribution in [2.75, 3.05) is 13.7 Å². The molecule has 0 amide bonds. The van der Waals surface area contributed by atoms with E-state index >= 15 is 0 Å². The molecule has 13 heavy (non-hydrogen) atoms. The van der Waals surface area contributed by atoms with E-state index in [-0.39, 0.29) is 0 Å². The van der Waals surface area contributed by atoms with Crippen LogP contribution in [-0.4, -0.2) is 13.7 Å². The number of rotatable bonds is 1. The van der Waals surface area contributed by atoms with Crippen molar-refractivity contribution in [3.63, 3.8) is 0 Å². The van der Waals surface area contributed by atoms with Crippen molar-refractivity contribution < 1.29 is 9.47 Å². The SMILES string of the molecule is COc1ccc2c(c1)C(P)CCO2. The minimum absolute atomic E-state index is 0.499. The van der Waals surface area contributed by atoms with E-state index in [1.807, 2.05) is 18.2 Å². The molecule has 0 radical (unpaired) electrons. The van der Waals surface area contributed by atoms with Crippen LogP contribution in [0.25, 0.3) is 0 Å². The smallest absolute Gasteiger partial charge is 0.123 e. The largest absolute Gasteiger partial charge is 0.497 e. The molecular weight excluding hydrogens is 183 g/mol. The average Bonchev–Trinajstić information content (AvgIpc) is 2.18. The summed E-state index contributed by atoms with van der Waals surface area (Å²) in [6.07, 6.45) is 1.06. The fourth-order valence-corrected chi connectivity index (χ4v) is 1.92. The minimum Gasteiger partial charge on any atom is -0.497 e. The molecule has 1 aromatic rings. The van der Waals surface area contributed by atoms with Crippen molar-refractivity contribution in [1.82, 2.24) is 0 Å². The third-order valence-electron chi connectivity index (χ3n) is 2.30. The van der Waals surface area contributed by atoms with Gasteiger partial charge in [0.2, 0.25) is 0 Å². The fraction of sp³-hybridized carbons (Fsp3) is 0.400. The molecule has 2 nitrogen and oxygen atoms in total. The van der Waals surface area contributed by atoms with Gasteiger partial charge >= 0.3 is 0 Å². The van der Waals surface area contributed by atoms with Crippen molar-refractivity contribution in [2.24, 2.45) is 0 Å². The zero-order chi connectivity index (χ0) is 9.26. The Morgan fingerprint density at radius 1 is 1.54 bits per heavy atom. The maximum absolute atomic E-state index is 5.52. The monoisotopic (exact) mass is 196 g/mol. The number of hydrogen-bond acceptors (Lipinski definition) is 2. The minimum atomic E-state index is 0.499. The van der Waals surface area contributed by atoms with Gasteiger partial charge in [-0.05, 0) is 24.6 Å². The van der Waals surface area contributed by atoms with E-state index in [0.29, 0.717) is 5.66 Å². The standard InChI is InChI=1S/C10H13O2P/c1-11-7-2-3-9-8(6-7)10(13)4-5-12-9/h2-3,6,10H,4-5,13H2,1H3. The molecule has 1 aliphatic rings. The summed E-state index contributed by atoms with van der Waals surface area (Å²) in [6.45, 7) is 0.813. The van der Waals surface area contributed by atoms with Gasteiger partial charge in [0, 0.05) is 11.2 Å². The second kappa shape index (κ2) is 3.55. The molecule has 1 aromatic carbocycles. The third-order valence-corrected chi connectivity index (χ3v) is 3.00. The van der Waals surface area contributed by atoms with Gasteiger partial charge < -0.3 is 9.47 Å². The van der Waals surface area contributed by atoms with Crippen LogP contribution in [0.5, 0.6) is 11.5 Å². The quantitative estimate of drug-likeness (QED) is 0.642. The van der Waals surface area contributed by atoms with E-state index < -0.39 is 0 Å². The molecule has 0 spiro atoms. The fourth-order valence-electron chi connectivity index (χ4n) is 1.53. The van der Waals surface area contributed by atoms with Crippen molar-refractivity contribution >= 4 is 9.24 Å². The first-order chi connectivity index (χ1) is 6.31. The van der Waals surface area contributed by atoms with Crippen LogP contribution in [0.4, 0.5) is 0 Å². The number of benzene rings is 1. The Morgan fingerprint density at radius 3 is 3.15 bits per heavy atom. The van der Waals surface area contributed by atoms with Crippen LogP contribution in [0, 0.1) is 0 Å². The van der Waals surface area contributed by atoms with Crippen molar-refractivity contribution in [3.05, 3.63) is 23.8 Å². The van der Waals surface area contributed by atoms with Gasteiger partial charge in [0.25, 0.3) is 0 Å². The maximum Gasteiger partial charge on any atom is 0.123 e. The van der Waals surface area contributed by atoms with Crippen molar-refractivity contribution in [2.45, 2.75) is 12.1 Å². The maximum atomic E-state index is 5.52. The topological polar surface area (TPSA) is 18.5 Å². The molecule has 0 N–H and O–H groups in total. The molecule has 0 saturated heterocycles. The van der Waals surface area contributed by atoms with Gasteiger partial charge in [-0.25, -0.2) is 0 Å². The number of ether oxygens (including phenoxy) is 2. The van der Waals surface area contributed by atoms with Gasteiger partial charge in [-0.2, -0.15) is 0 Å². The zero-order valence-electron chi connectivity index (χ0n) is 7.62. The summed E-state index contributed by atoms with van der Waals surface area (Å²) in [5.74, 6) is 1.89. The molecule has 1 heterocycles. The first-order valence-electron chi connectivity index (χ1n) is 4.37. The third kappa shape index (κ3) is 1.64. The lowest BCUT2D eigenvalue weighted by Gasteiger charge is -2.23. The predicted octanol–water partition coefficient (Wildman–Crippen LogP) is 2.39. The summed E-state index contributed by atoms with van der Waals surface area (Å²) < 4.78 is 10.7. The molecule has 0 aromatic heterocycles. The second-order valence-electron chi connectivity index (χ2n) is 3.15. The number of methoxy groups -OCH3 is 1. The summed E-state index contributed by atoms with van der Waals surface area (Å²) in [7, 11) is 4.53.